The average Bonchev–Trinajstić information content (AvgIpc) is 2.70. The van der Waals surface area contributed by atoms with Crippen LogP contribution in [0.2, 0.25) is 5.02 Å². The number of H-pyrrole nitrogens is 1. The number of pyridine rings is 2. The number of aromatic amines is 1. The molecule has 4 aromatic rings. The van der Waals surface area contributed by atoms with E-state index in [1.807, 2.05) is 18.2 Å². The predicted molar refractivity (Wildman–Crippen MR) is 115 cm³/mol. The molecule has 0 aliphatic rings. The minimum absolute atomic E-state index is 0.0203. The summed E-state index contributed by atoms with van der Waals surface area (Å²) in [6.45, 7) is 2.16. The van der Waals surface area contributed by atoms with E-state index >= 15 is 0 Å². The molecule has 0 saturated heterocycles. The molecule has 0 radical (unpaired) electrons. The van der Waals surface area contributed by atoms with Crippen molar-refractivity contribution in [3.8, 4) is 11.1 Å². The van der Waals surface area contributed by atoms with E-state index in [1.54, 1.807) is 24.5 Å². The molecule has 0 saturated carbocycles. The number of rotatable bonds is 4. The van der Waals surface area contributed by atoms with E-state index in [2.05, 4.69) is 41.2 Å². The predicted octanol–water partition coefficient (Wildman–Crippen LogP) is 3.19. The van der Waals surface area contributed by atoms with Crippen molar-refractivity contribution in [3.63, 3.8) is 0 Å². The normalized spacial score (nSPS) is 11.5. The van der Waals surface area contributed by atoms with Crippen LogP contribution in [0.25, 0.3) is 22.0 Å². The Kier molecular flexibility index (Phi) is 5.15. The summed E-state index contributed by atoms with van der Waals surface area (Å²) in [6.07, 6.45) is 4.54. The second kappa shape index (κ2) is 7.72. The quantitative estimate of drug-likeness (QED) is 0.499. The van der Waals surface area contributed by atoms with E-state index < -0.39 is 15.8 Å². The van der Waals surface area contributed by atoms with Crippen molar-refractivity contribution in [1.29, 1.82) is 0 Å². The van der Waals surface area contributed by atoms with Crippen molar-refractivity contribution in [3.05, 3.63) is 87.8 Å². The van der Waals surface area contributed by atoms with Crippen LogP contribution in [-0.2, 0) is 6.42 Å². The number of nitrogens with zero attached hydrogens (tertiary/aromatic N) is 1. The molecule has 0 fully saturated rings. The van der Waals surface area contributed by atoms with Gasteiger partial charge in [0.15, 0.2) is 0 Å². The average molecular weight is 437 g/mol. The molecule has 1 N–H and O–H groups in total. The first-order chi connectivity index (χ1) is 13.2. The fourth-order valence-corrected chi connectivity index (χ4v) is 6.17. The number of hydrogen-bond acceptors (Lipinski definition) is 2. The maximum atomic E-state index is 13.3. The molecule has 134 valence electrons. The first-order valence-electron chi connectivity index (χ1n) is 8.78. The third-order valence-electron chi connectivity index (χ3n) is 4.60. The van der Waals surface area contributed by atoms with E-state index in [0.29, 0.717) is 16.0 Å². The number of nitrogens with one attached hydrogen (secondary N) is 1. The van der Waals surface area contributed by atoms with Gasteiger partial charge in [0.25, 0.3) is 0 Å². The molecule has 0 aliphatic heterocycles. The first-order valence-corrected chi connectivity index (χ1v) is 11.3. The summed E-state index contributed by atoms with van der Waals surface area (Å²) in [4.78, 5) is 21.2. The van der Waals surface area contributed by atoms with Crippen LogP contribution in [0.4, 0.5) is 0 Å². The van der Waals surface area contributed by atoms with Crippen LogP contribution in [-0.4, -0.2) is 25.7 Å². The van der Waals surface area contributed by atoms with Crippen LogP contribution >= 0.6 is 11.6 Å². The van der Waals surface area contributed by atoms with Crippen LogP contribution in [0.1, 0.15) is 12.5 Å². The molecule has 5 heteroatoms. The van der Waals surface area contributed by atoms with Gasteiger partial charge >= 0.3 is 169 Å². The van der Waals surface area contributed by atoms with E-state index in [0.717, 1.165) is 22.0 Å². The SMILES string of the molecule is CCc1ccccc1[AsH]c1nccc2[nH]cc(-c3ccc(Cl)cc3)c(=O)c12. The third-order valence-corrected chi connectivity index (χ3v) is 7.73. The Bertz CT molecular complexity index is 1170. The van der Waals surface area contributed by atoms with Crippen molar-refractivity contribution in [2.45, 2.75) is 13.3 Å². The summed E-state index contributed by atoms with van der Waals surface area (Å²) >= 11 is 5.27. The van der Waals surface area contributed by atoms with Gasteiger partial charge in [0, 0.05) is 0 Å². The number of fused-ring (bicyclic) bond motifs is 1. The molecule has 0 aliphatic carbocycles. The van der Waals surface area contributed by atoms with Crippen LogP contribution in [0.3, 0.4) is 0 Å². The molecule has 0 bridgehead atoms. The Morgan fingerprint density at radius 2 is 1.85 bits per heavy atom. The van der Waals surface area contributed by atoms with Gasteiger partial charge in [0.05, 0.1) is 0 Å². The van der Waals surface area contributed by atoms with Crippen LogP contribution in [0.5, 0.6) is 0 Å². The molecular formula is C22H18AsClN2O. The van der Waals surface area contributed by atoms with Crippen molar-refractivity contribution >= 4 is 47.1 Å². The fraction of sp³-hybridized carbons (Fsp3) is 0.0909. The van der Waals surface area contributed by atoms with E-state index in [1.165, 1.54) is 9.91 Å². The molecule has 0 spiro atoms. The van der Waals surface area contributed by atoms with Crippen molar-refractivity contribution in [2.75, 3.05) is 0 Å². The standard InChI is InChI=1S/C22H18AsClN2O/c1-2-14-5-3-4-6-18(14)23-22-20-19(11-12-25-22)26-13-17(21(20)27)15-7-9-16(24)10-8-15/h3-13,23H,2H2,1H3,(H,26,27). The zero-order valence-corrected chi connectivity index (χ0v) is 17.6. The molecule has 2 aromatic heterocycles. The Morgan fingerprint density at radius 1 is 1.07 bits per heavy atom. The molecule has 3 nitrogen and oxygen atoms in total. The number of benzene rings is 2. The molecule has 1 unspecified atom stereocenters. The summed E-state index contributed by atoms with van der Waals surface area (Å²) in [5, 5.41) is 1.36. The van der Waals surface area contributed by atoms with Crippen LogP contribution in [0, 0.1) is 0 Å². The summed E-state index contributed by atoms with van der Waals surface area (Å²) < 4.78 is 2.25. The first kappa shape index (κ1) is 18.0. The molecule has 2 heterocycles. The van der Waals surface area contributed by atoms with Gasteiger partial charge in [-0.2, -0.15) is 0 Å². The Morgan fingerprint density at radius 3 is 2.63 bits per heavy atom. The van der Waals surface area contributed by atoms with Crippen LogP contribution in [0.15, 0.2) is 71.8 Å². The number of aromatic nitrogens is 2. The van der Waals surface area contributed by atoms with E-state index in [4.69, 9.17) is 11.6 Å². The van der Waals surface area contributed by atoms with E-state index in [9.17, 15) is 4.79 Å². The second-order valence-electron chi connectivity index (χ2n) is 6.26. The maximum absolute atomic E-state index is 13.3. The second-order valence-corrected chi connectivity index (χ2v) is 9.34. The number of hydrogen-bond donors (Lipinski definition) is 1. The van der Waals surface area contributed by atoms with Crippen molar-refractivity contribution in [2.24, 2.45) is 0 Å². The molecule has 0 amide bonds. The molecule has 1 atom stereocenters. The molecule has 2 aromatic carbocycles. The van der Waals surface area contributed by atoms with Crippen molar-refractivity contribution in [1.82, 2.24) is 9.97 Å². The summed E-state index contributed by atoms with van der Waals surface area (Å²) in [5.41, 5.74) is 3.68. The number of halogens is 1. The fourth-order valence-electron chi connectivity index (χ4n) is 3.18. The zero-order chi connectivity index (χ0) is 18.8. The summed E-state index contributed by atoms with van der Waals surface area (Å²) in [5.74, 6) is 0. The van der Waals surface area contributed by atoms with Gasteiger partial charge in [-0.3, -0.25) is 0 Å². The van der Waals surface area contributed by atoms with Gasteiger partial charge in [0.1, 0.15) is 0 Å². The van der Waals surface area contributed by atoms with Crippen LogP contribution < -0.4 is 14.3 Å². The minimum atomic E-state index is -0.721. The Balaban J connectivity index is 1.88. The number of aryl methyl sites for hydroxylation is 1. The summed E-state index contributed by atoms with van der Waals surface area (Å²) in [6, 6.07) is 17.7. The molecule has 4 rings (SSSR count). The van der Waals surface area contributed by atoms with Gasteiger partial charge < -0.3 is 0 Å². The summed E-state index contributed by atoms with van der Waals surface area (Å²) in [7, 11) is 0. The van der Waals surface area contributed by atoms with Gasteiger partial charge in [-0.15, -0.1) is 0 Å². The van der Waals surface area contributed by atoms with E-state index in [-0.39, 0.29) is 5.43 Å². The van der Waals surface area contributed by atoms with Gasteiger partial charge in [0.2, 0.25) is 0 Å². The van der Waals surface area contributed by atoms with Gasteiger partial charge in [-0.25, -0.2) is 0 Å². The topological polar surface area (TPSA) is 45.8 Å². The molecule has 27 heavy (non-hydrogen) atoms. The Labute approximate surface area is 169 Å². The van der Waals surface area contributed by atoms with Gasteiger partial charge in [-0.05, 0) is 0 Å². The molecular weight excluding hydrogens is 419 g/mol. The monoisotopic (exact) mass is 436 g/mol. The van der Waals surface area contributed by atoms with Crippen molar-refractivity contribution < 1.29 is 0 Å². The third kappa shape index (κ3) is 3.58. The Hall–Kier alpha value is -2.35. The zero-order valence-electron chi connectivity index (χ0n) is 14.8. The van der Waals surface area contributed by atoms with Gasteiger partial charge in [-0.1, -0.05) is 0 Å².